The molecule has 1 N–H and O–H groups in total. The number of rotatable bonds is 5. The average Bonchev–Trinajstić information content (AvgIpc) is 3.75. The van der Waals surface area contributed by atoms with Gasteiger partial charge in [-0.15, -0.1) is 0 Å². The van der Waals surface area contributed by atoms with Gasteiger partial charge in [0.1, 0.15) is 11.9 Å². The lowest BCUT2D eigenvalue weighted by Crippen LogP contribution is -2.68. The van der Waals surface area contributed by atoms with Crippen LogP contribution >= 0.6 is 0 Å². The van der Waals surface area contributed by atoms with Crippen LogP contribution in [0, 0.1) is 11.3 Å². The molecule has 4 saturated heterocycles. The van der Waals surface area contributed by atoms with Crippen LogP contribution in [0.5, 0.6) is 0 Å². The molecule has 2 bridgehead atoms. The summed E-state index contributed by atoms with van der Waals surface area (Å²) in [6.45, 7) is 4.29. The lowest BCUT2D eigenvalue weighted by atomic mass is 9.86. The Morgan fingerprint density at radius 3 is 2.70 bits per heavy atom. The van der Waals surface area contributed by atoms with Crippen LogP contribution < -0.4 is 9.80 Å². The van der Waals surface area contributed by atoms with Crippen molar-refractivity contribution in [3.05, 3.63) is 77.5 Å². The molecule has 0 saturated carbocycles. The Bertz CT molecular complexity index is 1670. The minimum Gasteiger partial charge on any atom is -0.391 e. The average molecular weight is 531 g/mol. The Hall–Kier alpha value is -4.26. The van der Waals surface area contributed by atoms with Gasteiger partial charge in [-0.1, -0.05) is 12.2 Å². The standard InChI is InChI=1S/C31H30N8O/c32-11-23-14-35-39-18-24(36-7-6-27(40)19-36)10-28(31(23)39)22-4-5-30(34-13-22)37-16-25-9-26(17-37)38(25)15-20-8-21-2-1-3-29(21)33-12-20/h1-2,4-5,8,10,12-14,18,25-27,40H,3,6-7,9,15-17,19H2/t25?,26?,27-/m0/s1. The highest BCUT2D eigenvalue weighted by Gasteiger charge is 2.44. The van der Waals surface area contributed by atoms with E-state index in [-0.39, 0.29) is 6.10 Å². The van der Waals surface area contributed by atoms with Gasteiger partial charge in [-0.2, -0.15) is 10.4 Å². The summed E-state index contributed by atoms with van der Waals surface area (Å²) in [7, 11) is 0. The number of aliphatic hydroxyl groups excluding tert-OH is 1. The molecular formula is C31H30N8O. The summed E-state index contributed by atoms with van der Waals surface area (Å²) in [4.78, 5) is 16.8. The summed E-state index contributed by atoms with van der Waals surface area (Å²) in [6, 6.07) is 12.0. The summed E-state index contributed by atoms with van der Waals surface area (Å²) in [5.74, 6) is 0.992. The highest BCUT2D eigenvalue weighted by Crippen LogP contribution is 2.37. The number of anilines is 2. The van der Waals surface area contributed by atoms with Gasteiger partial charge in [-0.3, -0.25) is 9.88 Å². The molecule has 9 nitrogen and oxygen atoms in total. The van der Waals surface area contributed by atoms with Crippen molar-refractivity contribution in [2.45, 2.75) is 44.0 Å². The van der Waals surface area contributed by atoms with Crippen LogP contribution in [0.15, 0.2) is 55.1 Å². The molecule has 4 aromatic heterocycles. The van der Waals surface area contributed by atoms with Crippen LogP contribution in [0.1, 0.15) is 35.2 Å². The van der Waals surface area contributed by atoms with Crippen molar-refractivity contribution in [1.29, 1.82) is 5.26 Å². The van der Waals surface area contributed by atoms with E-state index in [9.17, 15) is 10.4 Å². The zero-order chi connectivity index (χ0) is 26.8. The highest BCUT2D eigenvalue weighted by atomic mass is 16.3. The van der Waals surface area contributed by atoms with Gasteiger partial charge in [-0.25, -0.2) is 9.50 Å². The Balaban J connectivity index is 1.02. The number of nitrogens with zero attached hydrogens (tertiary/aromatic N) is 8. The van der Waals surface area contributed by atoms with Crippen LogP contribution in [0.3, 0.4) is 0 Å². The first-order chi connectivity index (χ1) is 19.6. The van der Waals surface area contributed by atoms with E-state index in [4.69, 9.17) is 4.98 Å². The quantitative estimate of drug-likeness (QED) is 0.420. The van der Waals surface area contributed by atoms with E-state index < -0.39 is 0 Å². The number of β-amino-alcohol motifs (C(OH)–C–C–N with tert-alkyl or cyclic N) is 1. The van der Waals surface area contributed by atoms with E-state index in [1.54, 1.807) is 10.7 Å². The predicted molar refractivity (Wildman–Crippen MR) is 153 cm³/mol. The number of aromatic nitrogens is 4. The van der Waals surface area contributed by atoms with Crippen LogP contribution in [-0.4, -0.2) is 74.0 Å². The molecule has 9 heteroatoms. The third-order valence-electron chi connectivity index (χ3n) is 9.01. The summed E-state index contributed by atoms with van der Waals surface area (Å²) in [6.07, 6.45) is 14.5. The highest BCUT2D eigenvalue weighted by molar-refractivity contribution is 5.86. The number of piperidine rings is 1. The normalized spacial score (nSPS) is 23.4. The number of nitriles is 1. The fourth-order valence-corrected chi connectivity index (χ4v) is 6.89. The Morgan fingerprint density at radius 2 is 1.93 bits per heavy atom. The first kappa shape index (κ1) is 23.6. The largest absolute Gasteiger partial charge is 0.391 e. The van der Waals surface area contributed by atoms with Crippen molar-refractivity contribution in [2.75, 3.05) is 36.0 Å². The summed E-state index contributed by atoms with van der Waals surface area (Å²) in [5.41, 5.74) is 7.95. The minimum atomic E-state index is -0.318. The molecule has 9 rings (SSSR count). The topological polar surface area (TPSA) is 96.8 Å². The molecule has 4 aliphatic heterocycles. The minimum absolute atomic E-state index is 0.318. The molecule has 5 aliphatic rings. The van der Waals surface area contributed by atoms with Gasteiger partial charge in [0.2, 0.25) is 0 Å². The molecule has 2 unspecified atom stereocenters. The van der Waals surface area contributed by atoms with Gasteiger partial charge in [-0.05, 0) is 48.2 Å². The third kappa shape index (κ3) is 3.86. The maximum atomic E-state index is 10.1. The van der Waals surface area contributed by atoms with Gasteiger partial charge >= 0.3 is 0 Å². The van der Waals surface area contributed by atoms with Gasteiger partial charge in [0.15, 0.2) is 0 Å². The molecule has 0 spiro atoms. The summed E-state index contributed by atoms with van der Waals surface area (Å²) >= 11 is 0. The van der Waals surface area contributed by atoms with Crippen molar-refractivity contribution in [3.8, 4) is 17.2 Å². The van der Waals surface area contributed by atoms with E-state index in [1.807, 2.05) is 18.6 Å². The number of piperazine rings is 1. The van der Waals surface area contributed by atoms with Crippen molar-refractivity contribution in [1.82, 2.24) is 24.5 Å². The Morgan fingerprint density at radius 1 is 1.02 bits per heavy atom. The molecule has 4 aromatic rings. The van der Waals surface area contributed by atoms with Gasteiger partial charge in [0.25, 0.3) is 0 Å². The molecule has 3 atom stereocenters. The molecule has 200 valence electrons. The van der Waals surface area contributed by atoms with Gasteiger partial charge in [0.05, 0.1) is 41.0 Å². The van der Waals surface area contributed by atoms with Crippen LogP contribution in [-0.2, 0) is 13.0 Å². The summed E-state index contributed by atoms with van der Waals surface area (Å²) < 4.78 is 1.78. The molecule has 8 heterocycles. The van der Waals surface area contributed by atoms with Crippen molar-refractivity contribution >= 4 is 23.1 Å². The predicted octanol–water partition coefficient (Wildman–Crippen LogP) is 3.27. The molecule has 0 radical (unpaired) electrons. The fraction of sp³-hybridized carbons (Fsp3) is 0.355. The molecule has 0 aromatic carbocycles. The number of fused-ring (bicyclic) bond motifs is 4. The molecule has 40 heavy (non-hydrogen) atoms. The Kier molecular flexibility index (Phi) is 5.40. The van der Waals surface area contributed by atoms with Crippen LogP contribution in [0.4, 0.5) is 11.5 Å². The summed E-state index contributed by atoms with van der Waals surface area (Å²) in [5, 5.41) is 24.3. The van der Waals surface area contributed by atoms with Gasteiger partial charge in [0, 0.05) is 74.7 Å². The zero-order valence-electron chi connectivity index (χ0n) is 22.2. The lowest BCUT2D eigenvalue weighted by Gasteiger charge is -2.56. The molecular weight excluding hydrogens is 500 g/mol. The number of allylic oxidation sites excluding steroid dienone is 1. The second-order valence-electron chi connectivity index (χ2n) is 11.5. The maximum Gasteiger partial charge on any atom is 0.128 e. The number of aliphatic hydroxyl groups is 1. The van der Waals surface area contributed by atoms with E-state index in [0.29, 0.717) is 24.2 Å². The van der Waals surface area contributed by atoms with Gasteiger partial charge < -0.3 is 14.9 Å². The third-order valence-corrected chi connectivity index (χ3v) is 9.01. The van der Waals surface area contributed by atoms with E-state index >= 15 is 0 Å². The fourth-order valence-electron chi connectivity index (χ4n) is 6.89. The molecule has 0 amide bonds. The number of hydrogen-bond acceptors (Lipinski definition) is 8. The smallest absolute Gasteiger partial charge is 0.128 e. The monoisotopic (exact) mass is 530 g/mol. The lowest BCUT2D eigenvalue weighted by molar-refractivity contribution is -0.00876. The number of hydrogen-bond donors (Lipinski definition) is 1. The molecule has 1 aliphatic carbocycles. The van der Waals surface area contributed by atoms with Crippen molar-refractivity contribution in [3.63, 3.8) is 0 Å². The van der Waals surface area contributed by atoms with E-state index in [0.717, 1.165) is 67.2 Å². The molecule has 4 fully saturated rings. The SMILES string of the molecule is N#Cc1cnn2cc(N3CC[C@H](O)C3)cc(-c3ccc(N4CC5CC(C4)N5Cc4cnc5c(c4)C=CC5)nc3)c12. The second kappa shape index (κ2) is 9.15. The van der Waals surface area contributed by atoms with Crippen LogP contribution in [0.25, 0.3) is 22.7 Å². The van der Waals surface area contributed by atoms with E-state index in [1.165, 1.54) is 23.2 Å². The number of pyridine rings is 3. The zero-order valence-corrected chi connectivity index (χ0v) is 22.2. The second-order valence-corrected chi connectivity index (χ2v) is 11.5. The first-order valence-corrected chi connectivity index (χ1v) is 14.1. The van der Waals surface area contributed by atoms with Crippen LogP contribution in [0.2, 0.25) is 0 Å². The van der Waals surface area contributed by atoms with E-state index in [2.05, 4.69) is 67.3 Å². The first-order valence-electron chi connectivity index (χ1n) is 14.1. The maximum absolute atomic E-state index is 10.1. The Labute approximate surface area is 232 Å². The van der Waals surface area contributed by atoms with Crippen molar-refractivity contribution < 1.29 is 5.11 Å². The van der Waals surface area contributed by atoms with Crippen molar-refractivity contribution in [2.24, 2.45) is 0 Å².